The minimum absolute atomic E-state index is 0.00144. The van der Waals surface area contributed by atoms with Crippen molar-refractivity contribution in [3.05, 3.63) is 71.0 Å². The third kappa shape index (κ3) is 5.55. The molecule has 2 saturated heterocycles. The van der Waals surface area contributed by atoms with Crippen molar-refractivity contribution in [2.45, 2.75) is 64.7 Å². The largest absolute Gasteiger partial charge is 0.465 e. The molecule has 1 N–H and O–H groups in total. The van der Waals surface area contributed by atoms with Gasteiger partial charge in [-0.3, -0.25) is 9.78 Å². The van der Waals surface area contributed by atoms with Gasteiger partial charge in [-0.25, -0.2) is 9.37 Å². The van der Waals surface area contributed by atoms with E-state index in [9.17, 15) is 4.79 Å². The lowest BCUT2D eigenvalue weighted by atomic mass is 9.87. The molecule has 2 aromatic carbocycles. The average Bonchev–Trinajstić information content (AvgIpc) is 3.31. The molecule has 3 fully saturated rings. The van der Waals surface area contributed by atoms with Gasteiger partial charge in [0.2, 0.25) is 0 Å². The Bertz CT molecular complexity index is 1920. The van der Waals surface area contributed by atoms with E-state index in [1.165, 1.54) is 6.07 Å². The van der Waals surface area contributed by atoms with E-state index in [2.05, 4.69) is 39.7 Å². The van der Waals surface area contributed by atoms with Gasteiger partial charge in [-0.1, -0.05) is 31.5 Å². The fraction of sp³-hybridized carbons (Fsp3) is 0.486. The van der Waals surface area contributed by atoms with Crippen molar-refractivity contribution >= 4 is 40.0 Å². The van der Waals surface area contributed by atoms with E-state index in [4.69, 9.17) is 35.5 Å². The maximum atomic E-state index is 15.7. The maximum Gasteiger partial charge on any atom is 0.325 e. The molecule has 1 saturated carbocycles. The highest BCUT2D eigenvalue weighted by Gasteiger charge is 2.58. The molecular weight excluding hydrogens is 649 g/mol. The molecule has 1 aliphatic carbocycles. The van der Waals surface area contributed by atoms with Gasteiger partial charge in [-0.05, 0) is 68.0 Å². The molecule has 4 aromatic rings. The van der Waals surface area contributed by atoms with Crippen LogP contribution in [0.5, 0.6) is 11.5 Å². The summed E-state index contributed by atoms with van der Waals surface area (Å²) in [5, 5.41) is 3.60. The van der Waals surface area contributed by atoms with Crippen LogP contribution in [0.2, 0.25) is 5.02 Å². The van der Waals surface area contributed by atoms with Gasteiger partial charge in [0.1, 0.15) is 23.6 Å². The molecule has 0 bridgehead atoms. The summed E-state index contributed by atoms with van der Waals surface area (Å²) in [4.78, 5) is 23.9. The minimum atomic E-state index is -1.05. The molecule has 4 aliphatic rings. The number of para-hydroxylation sites is 1. The highest BCUT2D eigenvalue weighted by atomic mass is 35.5. The number of esters is 1. The fourth-order valence-corrected chi connectivity index (χ4v) is 8.09. The lowest BCUT2D eigenvalue weighted by Crippen LogP contribution is -2.36. The summed E-state index contributed by atoms with van der Waals surface area (Å²) in [5.74, 6) is 0.688. The Kier molecular flexibility index (Phi) is 7.71. The third-order valence-corrected chi connectivity index (χ3v) is 11.1. The molecule has 1 spiro atoms. The fourth-order valence-electron chi connectivity index (χ4n) is 7.98. The van der Waals surface area contributed by atoms with Crippen LogP contribution in [0, 0.1) is 16.6 Å². The van der Waals surface area contributed by atoms with Crippen LogP contribution in [0.1, 0.15) is 70.4 Å². The Labute approximate surface area is 289 Å². The molecule has 258 valence electrons. The van der Waals surface area contributed by atoms with Gasteiger partial charge in [0.05, 0.1) is 42.1 Å². The molecule has 10 nitrogen and oxygen atoms in total. The number of carbonyl (C=O) groups is 1. The number of hydrogen-bond acceptors (Lipinski definition) is 9. The van der Waals surface area contributed by atoms with E-state index < -0.39 is 11.6 Å². The lowest BCUT2D eigenvalue weighted by molar-refractivity contribution is -0.140. The van der Waals surface area contributed by atoms with Crippen LogP contribution in [0.15, 0.2) is 48.7 Å². The van der Waals surface area contributed by atoms with Crippen LogP contribution in [-0.4, -0.2) is 60.0 Å². The van der Waals surface area contributed by atoms with Gasteiger partial charge >= 0.3 is 5.97 Å². The van der Waals surface area contributed by atoms with E-state index >= 15 is 4.39 Å². The summed E-state index contributed by atoms with van der Waals surface area (Å²) in [5.41, 5.74) is 3.17. The van der Waals surface area contributed by atoms with Gasteiger partial charge in [0.25, 0.3) is 5.79 Å². The number of nitrogens with zero attached hydrogens (tertiary/aromatic N) is 4. The quantitative estimate of drug-likeness (QED) is 0.192. The third-order valence-electron chi connectivity index (χ3n) is 10.8. The van der Waals surface area contributed by atoms with Crippen LogP contribution in [0.3, 0.4) is 0 Å². The molecule has 12 heteroatoms. The zero-order chi connectivity index (χ0) is 34.1. The predicted molar refractivity (Wildman–Crippen MR) is 184 cm³/mol. The number of ether oxygens (including phenoxy) is 4. The number of aromatic nitrogens is 3. The van der Waals surface area contributed by atoms with E-state index in [1.54, 1.807) is 19.2 Å². The van der Waals surface area contributed by atoms with Crippen LogP contribution in [0.4, 0.5) is 15.8 Å². The van der Waals surface area contributed by atoms with Crippen molar-refractivity contribution in [1.29, 1.82) is 0 Å². The Morgan fingerprint density at radius 2 is 1.96 bits per heavy atom. The SMILES string of the molecule is CCOC(=O)CNc1cc(F)c2nc([C@@H]3CC34CCN(c3cccc5c3OC(C)(c3ccc(Cl)cn3)O5)CC4)n([C@@H]3COCC3(C)C)c2c1. The van der Waals surface area contributed by atoms with E-state index in [0.717, 1.165) is 55.1 Å². The molecule has 1 unspecified atom stereocenters. The summed E-state index contributed by atoms with van der Waals surface area (Å²) >= 11 is 6.08. The van der Waals surface area contributed by atoms with Crippen molar-refractivity contribution in [2.75, 3.05) is 49.7 Å². The number of pyridine rings is 1. The first-order valence-corrected chi connectivity index (χ1v) is 17.4. The van der Waals surface area contributed by atoms with Crippen molar-refractivity contribution in [3.8, 4) is 11.5 Å². The van der Waals surface area contributed by atoms with Gasteiger partial charge in [-0.15, -0.1) is 0 Å². The highest BCUT2D eigenvalue weighted by Crippen LogP contribution is 2.66. The van der Waals surface area contributed by atoms with Crippen LogP contribution in [0.25, 0.3) is 11.0 Å². The highest BCUT2D eigenvalue weighted by molar-refractivity contribution is 6.30. The van der Waals surface area contributed by atoms with Crippen molar-refractivity contribution in [2.24, 2.45) is 10.8 Å². The second-order valence-corrected chi connectivity index (χ2v) is 15.0. The Balaban J connectivity index is 1.05. The Morgan fingerprint density at radius 1 is 1.14 bits per heavy atom. The van der Waals surface area contributed by atoms with Gasteiger partial charge in [0.15, 0.2) is 17.3 Å². The Hall–Kier alpha value is -4.09. The lowest BCUT2D eigenvalue weighted by Gasteiger charge is -2.35. The number of carbonyl (C=O) groups excluding carboxylic acids is 1. The number of imidazole rings is 1. The first-order valence-electron chi connectivity index (χ1n) is 17.1. The summed E-state index contributed by atoms with van der Waals surface area (Å²) in [6, 6.07) is 12.9. The zero-order valence-corrected chi connectivity index (χ0v) is 29.0. The number of halogens is 2. The summed E-state index contributed by atoms with van der Waals surface area (Å²) in [6.07, 6.45) is 4.54. The molecule has 3 atom stereocenters. The van der Waals surface area contributed by atoms with Crippen molar-refractivity contribution in [1.82, 2.24) is 14.5 Å². The number of fused-ring (bicyclic) bond motifs is 2. The monoisotopic (exact) mass is 689 g/mol. The standard InChI is InChI=1S/C37H41ClFN5O5/c1-5-47-31(45)19-40-23-15-25(39)32-27(16-23)44(30-20-46-21-35(30,2)3)34(42-32)24-17-37(24)11-13-43(14-12-37)26-7-6-8-28-33(26)49-36(4,48-28)29-10-9-22(38)18-41-29/h6-10,15-16,18,24,30,40H,5,11-14,17,19-21H2,1-4H3/t24-,30+,36?/m0/s1. The Morgan fingerprint density at radius 3 is 2.67 bits per heavy atom. The van der Waals surface area contributed by atoms with Crippen molar-refractivity contribution < 1.29 is 28.1 Å². The summed E-state index contributed by atoms with van der Waals surface area (Å²) in [7, 11) is 0. The number of anilines is 2. The molecule has 3 aliphatic heterocycles. The normalized spacial score (nSPS) is 24.8. The van der Waals surface area contributed by atoms with Crippen LogP contribution >= 0.6 is 11.6 Å². The van der Waals surface area contributed by atoms with Crippen LogP contribution < -0.4 is 19.7 Å². The molecule has 5 heterocycles. The molecule has 0 amide bonds. The number of hydrogen-bond donors (Lipinski definition) is 1. The average molecular weight is 690 g/mol. The van der Waals surface area contributed by atoms with E-state index in [1.807, 2.05) is 31.2 Å². The smallest absolute Gasteiger partial charge is 0.325 e. The van der Waals surface area contributed by atoms with Crippen LogP contribution in [-0.2, 0) is 20.1 Å². The zero-order valence-electron chi connectivity index (χ0n) is 28.2. The number of benzene rings is 2. The second kappa shape index (κ2) is 11.8. The molecule has 0 radical (unpaired) electrons. The predicted octanol–water partition coefficient (Wildman–Crippen LogP) is 7.21. The van der Waals surface area contributed by atoms with Gasteiger partial charge < -0.3 is 33.7 Å². The summed E-state index contributed by atoms with van der Waals surface area (Å²) < 4.78 is 41.8. The second-order valence-electron chi connectivity index (χ2n) is 14.6. The molecule has 8 rings (SSSR count). The number of piperidine rings is 1. The number of rotatable bonds is 8. The molecule has 49 heavy (non-hydrogen) atoms. The van der Waals surface area contributed by atoms with Gasteiger partial charge in [-0.2, -0.15) is 0 Å². The van der Waals surface area contributed by atoms with Gasteiger partial charge in [0, 0.05) is 43.2 Å². The van der Waals surface area contributed by atoms with E-state index in [-0.39, 0.29) is 35.3 Å². The van der Waals surface area contributed by atoms with E-state index in [0.29, 0.717) is 47.5 Å². The summed E-state index contributed by atoms with van der Waals surface area (Å²) in [6.45, 7) is 11.1. The molecule has 2 aromatic heterocycles. The first-order chi connectivity index (χ1) is 23.5. The van der Waals surface area contributed by atoms with Crippen molar-refractivity contribution in [3.63, 3.8) is 0 Å². The number of nitrogens with one attached hydrogen (secondary N) is 1. The first kappa shape index (κ1) is 32.1. The maximum absolute atomic E-state index is 15.7. The topological polar surface area (TPSA) is 100.0 Å². The molecular formula is C37H41ClFN5O5. The minimum Gasteiger partial charge on any atom is -0.465 e.